The van der Waals surface area contributed by atoms with Crippen LogP contribution >= 0.6 is 27.5 Å². The molecule has 1 aromatic rings. The molecule has 0 aromatic heterocycles. The lowest BCUT2D eigenvalue weighted by Gasteiger charge is -2.07. The molecule has 0 fully saturated rings. The summed E-state index contributed by atoms with van der Waals surface area (Å²) in [7, 11) is 1.29. The fourth-order valence-corrected chi connectivity index (χ4v) is 1.79. The van der Waals surface area contributed by atoms with Crippen LogP contribution in [0.5, 0.6) is 0 Å². The first kappa shape index (κ1) is 12.5. The number of carbonyl (C=O) groups is 1. The third kappa shape index (κ3) is 3.18. The van der Waals surface area contributed by atoms with Crippen molar-refractivity contribution in [2.45, 2.75) is 12.3 Å². The van der Waals surface area contributed by atoms with Gasteiger partial charge in [0.15, 0.2) is 0 Å². The van der Waals surface area contributed by atoms with E-state index in [4.69, 9.17) is 11.6 Å². The Labute approximate surface area is 101 Å². The zero-order valence-electron chi connectivity index (χ0n) is 8.02. The minimum absolute atomic E-state index is 0.0305. The maximum absolute atomic E-state index is 13.2. The molecule has 15 heavy (non-hydrogen) atoms. The van der Waals surface area contributed by atoms with Crippen LogP contribution in [-0.4, -0.2) is 13.1 Å². The van der Waals surface area contributed by atoms with E-state index in [-0.39, 0.29) is 12.3 Å². The molecule has 0 saturated carbocycles. The van der Waals surface area contributed by atoms with E-state index in [1.807, 2.05) is 0 Å². The maximum atomic E-state index is 13.2. The van der Waals surface area contributed by atoms with Crippen LogP contribution in [0.2, 0.25) is 0 Å². The van der Waals surface area contributed by atoms with Gasteiger partial charge in [-0.1, -0.05) is 0 Å². The standard InChI is InChI=1S/C10H9BrClFO2/c1-15-10(14)4-6-3-9(13)8(11)2-7(6)5-12/h2-3H,4-5H2,1H3. The average molecular weight is 296 g/mol. The van der Waals surface area contributed by atoms with Crippen molar-refractivity contribution in [1.29, 1.82) is 0 Å². The smallest absolute Gasteiger partial charge is 0.309 e. The first-order valence-electron chi connectivity index (χ1n) is 4.18. The summed E-state index contributed by atoms with van der Waals surface area (Å²) in [5, 5.41) is 0. The maximum Gasteiger partial charge on any atom is 0.309 e. The van der Waals surface area contributed by atoms with E-state index in [1.165, 1.54) is 13.2 Å². The number of alkyl halides is 1. The van der Waals surface area contributed by atoms with Gasteiger partial charge in [0.05, 0.1) is 18.0 Å². The molecule has 0 N–H and O–H groups in total. The molecule has 0 aliphatic carbocycles. The molecule has 0 bridgehead atoms. The van der Waals surface area contributed by atoms with E-state index < -0.39 is 11.8 Å². The topological polar surface area (TPSA) is 26.3 Å². The fourth-order valence-electron chi connectivity index (χ4n) is 1.15. The summed E-state index contributed by atoms with van der Waals surface area (Å²) in [4.78, 5) is 11.0. The molecule has 0 unspecified atom stereocenters. The van der Waals surface area contributed by atoms with Crippen LogP contribution in [0, 0.1) is 5.82 Å². The minimum Gasteiger partial charge on any atom is -0.469 e. The van der Waals surface area contributed by atoms with E-state index in [0.717, 1.165) is 5.56 Å². The molecule has 0 radical (unpaired) electrons. The monoisotopic (exact) mass is 294 g/mol. The Balaban J connectivity index is 3.05. The van der Waals surface area contributed by atoms with Gasteiger partial charge in [-0.15, -0.1) is 11.6 Å². The zero-order chi connectivity index (χ0) is 11.4. The van der Waals surface area contributed by atoms with Gasteiger partial charge in [-0.2, -0.15) is 0 Å². The SMILES string of the molecule is COC(=O)Cc1cc(F)c(Br)cc1CCl. The van der Waals surface area contributed by atoms with Gasteiger partial charge in [0.2, 0.25) is 0 Å². The van der Waals surface area contributed by atoms with Gasteiger partial charge in [0.25, 0.3) is 0 Å². The third-order valence-electron chi connectivity index (χ3n) is 1.95. The Hall–Kier alpha value is -0.610. The molecule has 82 valence electrons. The van der Waals surface area contributed by atoms with Gasteiger partial charge in [-0.3, -0.25) is 4.79 Å². The number of halogens is 3. The lowest BCUT2D eigenvalue weighted by molar-refractivity contribution is -0.139. The van der Waals surface area contributed by atoms with Crippen molar-refractivity contribution in [1.82, 2.24) is 0 Å². The summed E-state index contributed by atoms with van der Waals surface area (Å²) in [5.74, 6) is -0.601. The van der Waals surface area contributed by atoms with Crippen LogP contribution in [0.15, 0.2) is 16.6 Å². The van der Waals surface area contributed by atoms with Crippen LogP contribution in [0.1, 0.15) is 11.1 Å². The molecule has 1 rings (SSSR count). The number of hydrogen-bond donors (Lipinski definition) is 0. The molecule has 2 nitrogen and oxygen atoms in total. The van der Waals surface area contributed by atoms with E-state index >= 15 is 0 Å². The van der Waals surface area contributed by atoms with E-state index in [9.17, 15) is 9.18 Å². The molecule has 0 aliphatic heterocycles. The quantitative estimate of drug-likeness (QED) is 0.633. The predicted molar refractivity (Wildman–Crippen MR) is 59.4 cm³/mol. The summed E-state index contributed by atoms with van der Waals surface area (Å²) in [6, 6.07) is 2.86. The highest BCUT2D eigenvalue weighted by Gasteiger charge is 2.11. The minimum atomic E-state index is -0.414. The van der Waals surface area contributed by atoms with E-state index in [0.29, 0.717) is 10.0 Å². The highest BCUT2D eigenvalue weighted by atomic mass is 79.9. The summed E-state index contributed by atoms with van der Waals surface area (Å²) >= 11 is 8.74. The highest BCUT2D eigenvalue weighted by Crippen LogP contribution is 2.22. The number of ether oxygens (including phenoxy) is 1. The summed E-state index contributed by atoms with van der Waals surface area (Å²) in [6.07, 6.45) is 0.0305. The van der Waals surface area contributed by atoms with Gasteiger partial charge in [0, 0.05) is 5.88 Å². The molecular formula is C10H9BrClFO2. The van der Waals surface area contributed by atoms with Crippen molar-refractivity contribution in [2.75, 3.05) is 7.11 Å². The second-order valence-corrected chi connectivity index (χ2v) is 4.04. The lowest BCUT2D eigenvalue weighted by atomic mass is 10.1. The van der Waals surface area contributed by atoms with Crippen molar-refractivity contribution >= 4 is 33.5 Å². The normalized spacial score (nSPS) is 10.1. The number of esters is 1. The summed E-state index contributed by atoms with van der Waals surface area (Å²) in [6.45, 7) is 0. The Kier molecular flexibility index (Phi) is 4.54. The van der Waals surface area contributed by atoms with Gasteiger partial charge in [0.1, 0.15) is 5.82 Å². The van der Waals surface area contributed by atoms with Crippen molar-refractivity contribution < 1.29 is 13.9 Å². The number of methoxy groups -OCH3 is 1. The predicted octanol–water partition coefficient (Wildman–Crippen LogP) is 3.04. The van der Waals surface area contributed by atoms with Crippen molar-refractivity contribution in [2.24, 2.45) is 0 Å². The number of rotatable bonds is 3. The van der Waals surface area contributed by atoms with Crippen LogP contribution in [-0.2, 0) is 21.8 Å². The van der Waals surface area contributed by atoms with Gasteiger partial charge in [-0.25, -0.2) is 4.39 Å². The number of hydrogen-bond acceptors (Lipinski definition) is 2. The van der Waals surface area contributed by atoms with Crippen molar-refractivity contribution in [3.05, 3.63) is 33.5 Å². The lowest BCUT2D eigenvalue weighted by Crippen LogP contribution is -2.07. The average Bonchev–Trinajstić information content (AvgIpc) is 2.22. The molecule has 5 heteroatoms. The van der Waals surface area contributed by atoms with E-state index in [2.05, 4.69) is 20.7 Å². The molecular weight excluding hydrogens is 286 g/mol. The summed E-state index contributed by atoms with van der Waals surface area (Å²) in [5.41, 5.74) is 1.27. The number of carbonyl (C=O) groups excluding carboxylic acids is 1. The van der Waals surface area contributed by atoms with Gasteiger partial charge >= 0.3 is 5.97 Å². The molecule has 1 aromatic carbocycles. The fraction of sp³-hybridized carbons (Fsp3) is 0.300. The Morgan fingerprint density at radius 1 is 1.53 bits per heavy atom. The second-order valence-electron chi connectivity index (χ2n) is 2.92. The first-order chi connectivity index (χ1) is 7.08. The van der Waals surface area contributed by atoms with Crippen LogP contribution in [0.25, 0.3) is 0 Å². The zero-order valence-corrected chi connectivity index (χ0v) is 10.4. The third-order valence-corrected chi connectivity index (χ3v) is 2.84. The Bertz CT molecular complexity index is 382. The highest BCUT2D eigenvalue weighted by molar-refractivity contribution is 9.10. The van der Waals surface area contributed by atoms with Crippen LogP contribution in [0.3, 0.4) is 0 Å². The molecule has 0 saturated heterocycles. The Morgan fingerprint density at radius 2 is 2.20 bits per heavy atom. The first-order valence-corrected chi connectivity index (χ1v) is 5.50. The largest absolute Gasteiger partial charge is 0.469 e. The van der Waals surface area contributed by atoms with Crippen LogP contribution in [0.4, 0.5) is 4.39 Å². The van der Waals surface area contributed by atoms with Gasteiger partial charge in [-0.05, 0) is 39.2 Å². The molecule has 0 spiro atoms. The molecule has 0 amide bonds. The van der Waals surface area contributed by atoms with Gasteiger partial charge < -0.3 is 4.74 Å². The van der Waals surface area contributed by atoms with Crippen LogP contribution < -0.4 is 0 Å². The Morgan fingerprint density at radius 3 is 2.73 bits per heavy atom. The molecule has 0 atom stereocenters. The summed E-state index contributed by atoms with van der Waals surface area (Å²) < 4.78 is 18.1. The molecule has 0 heterocycles. The van der Waals surface area contributed by atoms with Crippen molar-refractivity contribution in [3.63, 3.8) is 0 Å². The van der Waals surface area contributed by atoms with Crippen molar-refractivity contribution in [3.8, 4) is 0 Å². The van der Waals surface area contributed by atoms with E-state index in [1.54, 1.807) is 6.07 Å². The second kappa shape index (κ2) is 5.47. The number of benzene rings is 1. The molecule has 0 aliphatic rings.